The number of rotatable bonds is 7. The number of piperidine rings is 1. The summed E-state index contributed by atoms with van der Waals surface area (Å²) in [4.78, 5) is 23.0. The Hall–Kier alpha value is -3.09. The van der Waals surface area contributed by atoms with Crippen LogP contribution in [0.25, 0.3) is 0 Å². The standard InChI is InChI=1S/C23H32N6O/c1-3-25-23(27-15-18-7-4-6-17(2)14-18)28-16-20-8-5-11-26-22(20)29-12-9-19(10-13-29)21(24)30/h4-8,11,14,19H,3,9-10,12-13,15-16H2,1-2H3,(H2,24,30)(H2,25,27,28). The van der Waals surface area contributed by atoms with Crippen molar-refractivity contribution in [3.8, 4) is 0 Å². The fraction of sp³-hybridized carbons (Fsp3) is 0.435. The van der Waals surface area contributed by atoms with Gasteiger partial charge >= 0.3 is 0 Å². The highest BCUT2D eigenvalue weighted by molar-refractivity contribution is 5.80. The molecular weight excluding hydrogens is 376 g/mol. The maximum Gasteiger partial charge on any atom is 0.220 e. The highest BCUT2D eigenvalue weighted by Gasteiger charge is 2.24. The van der Waals surface area contributed by atoms with Gasteiger partial charge in [0, 0.05) is 43.9 Å². The van der Waals surface area contributed by atoms with E-state index in [-0.39, 0.29) is 11.8 Å². The van der Waals surface area contributed by atoms with Crippen molar-refractivity contribution in [3.63, 3.8) is 0 Å². The van der Waals surface area contributed by atoms with Gasteiger partial charge in [0.1, 0.15) is 5.82 Å². The molecule has 0 aliphatic carbocycles. The first-order chi connectivity index (χ1) is 14.6. The molecule has 2 heterocycles. The van der Waals surface area contributed by atoms with Crippen LogP contribution < -0.4 is 21.3 Å². The first-order valence-electron chi connectivity index (χ1n) is 10.6. The van der Waals surface area contributed by atoms with Crippen molar-refractivity contribution in [2.75, 3.05) is 24.5 Å². The van der Waals surface area contributed by atoms with E-state index in [2.05, 4.69) is 64.7 Å². The summed E-state index contributed by atoms with van der Waals surface area (Å²) in [6, 6.07) is 12.4. The third kappa shape index (κ3) is 5.95. The van der Waals surface area contributed by atoms with Crippen LogP contribution in [0.3, 0.4) is 0 Å². The molecule has 1 aromatic heterocycles. The van der Waals surface area contributed by atoms with E-state index in [0.29, 0.717) is 13.1 Å². The minimum absolute atomic E-state index is 0.0272. The monoisotopic (exact) mass is 408 g/mol. The number of aryl methyl sites for hydroxylation is 1. The van der Waals surface area contributed by atoms with Crippen molar-refractivity contribution in [1.82, 2.24) is 15.6 Å². The van der Waals surface area contributed by atoms with E-state index in [1.807, 2.05) is 12.3 Å². The van der Waals surface area contributed by atoms with Crippen LogP contribution in [0.4, 0.5) is 5.82 Å². The number of hydrogen-bond acceptors (Lipinski definition) is 4. The molecule has 0 atom stereocenters. The highest BCUT2D eigenvalue weighted by Crippen LogP contribution is 2.24. The van der Waals surface area contributed by atoms with Crippen molar-refractivity contribution >= 4 is 17.7 Å². The summed E-state index contributed by atoms with van der Waals surface area (Å²) in [5.41, 5.74) is 9.00. The Morgan fingerprint density at radius 3 is 2.73 bits per heavy atom. The molecule has 4 N–H and O–H groups in total. The molecule has 30 heavy (non-hydrogen) atoms. The lowest BCUT2D eigenvalue weighted by atomic mass is 9.96. The van der Waals surface area contributed by atoms with Gasteiger partial charge in [-0.2, -0.15) is 0 Å². The van der Waals surface area contributed by atoms with Crippen LogP contribution in [0.15, 0.2) is 47.6 Å². The van der Waals surface area contributed by atoms with E-state index >= 15 is 0 Å². The van der Waals surface area contributed by atoms with Crippen LogP contribution in [-0.4, -0.2) is 36.5 Å². The Morgan fingerprint density at radius 2 is 2.03 bits per heavy atom. The number of carbonyl (C=O) groups is 1. The van der Waals surface area contributed by atoms with E-state index in [1.54, 1.807) is 0 Å². The molecule has 3 rings (SSSR count). The summed E-state index contributed by atoms with van der Waals surface area (Å²) in [5.74, 6) is 1.52. The van der Waals surface area contributed by atoms with Crippen molar-refractivity contribution in [2.45, 2.75) is 39.8 Å². The molecule has 2 aromatic rings. The second-order valence-electron chi connectivity index (χ2n) is 7.69. The number of nitrogens with two attached hydrogens (primary N) is 1. The number of pyridine rings is 1. The number of primary amides is 1. The molecule has 1 aromatic carbocycles. The molecule has 160 valence electrons. The van der Waals surface area contributed by atoms with Crippen molar-refractivity contribution < 1.29 is 4.79 Å². The molecule has 1 amide bonds. The van der Waals surface area contributed by atoms with Gasteiger partial charge in [0.2, 0.25) is 5.91 Å². The number of hydrogen-bond donors (Lipinski definition) is 3. The highest BCUT2D eigenvalue weighted by atomic mass is 16.1. The van der Waals surface area contributed by atoms with Crippen molar-refractivity contribution in [1.29, 1.82) is 0 Å². The lowest BCUT2D eigenvalue weighted by molar-refractivity contribution is -0.122. The van der Waals surface area contributed by atoms with Gasteiger partial charge in [-0.15, -0.1) is 0 Å². The Bertz CT molecular complexity index is 874. The van der Waals surface area contributed by atoms with Crippen LogP contribution in [0, 0.1) is 12.8 Å². The van der Waals surface area contributed by atoms with Gasteiger partial charge < -0.3 is 21.3 Å². The molecule has 1 aliphatic rings. The maximum absolute atomic E-state index is 11.4. The number of aliphatic imine (C=N–C) groups is 1. The average molecular weight is 409 g/mol. The molecule has 1 saturated heterocycles. The zero-order valence-electron chi connectivity index (χ0n) is 17.9. The zero-order valence-corrected chi connectivity index (χ0v) is 17.9. The van der Waals surface area contributed by atoms with E-state index in [4.69, 9.17) is 10.7 Å². The van der Waals surface area contributed by atoms with Gasteiger partial charge in [-0.05, 0) is 38.3 Å². The molecule has 0 radical (unpaired) electrons. The Morgan fingerprint density at radius 1 is 1.23 bits per heavy atom. The zero-order chi connectivity index (χ0) is 21.3. The molecule has 0 bridgehead atoms. The number of amides is 1. The lowest BCUT2D eigenvalue weighted by Crippen LogP contribution is -2.40. The molecule has 0 spiro atoms. The summed E-state index contributed by atoms with van der Waals surface area (Å²) in [5, 5.41) is 6.73. The minimum atomic E-state index is -0.197. The van der Waals surface area contributed by atoms with E-state index < -0.39 is 0 Å². The number of anilines is 1. The molecule has 0 saturated carbocycles. The van der Waals surface area contributed by atoms with Gasteiger partial charge in [-0.3, -0.25) is 4.79 Å². The molecule has 1 fully saturated rings. The van der Waals surface area contributed by atoms with E-state index in [1.165, 1.54) is 11.1 Å². The van der Waals surface area contributed by atoms with Gasteiger partial charge in [0.25, 0.3) is 0 Å². The smallest absolute Gasteiger partial charge is 0.220 e. The largest absolute Gasteiger partial charge is 0.369 e. The van der Waals surface area contributed by atoms with Crippen LogP contribution in [0.2, 0.25) is 0 Å². The topological polar surface area (TPSA) is 95.6 Å². The Balaban J connectivity index is 1.65. The summed E-state index contributed by atoms with van der Waals surface area (Å²) in [6.07, 6.45) is 3.37. The van der Waals surface area contributed by atoms with Gasteiger partial charge in [0.15, 0.2) is 5.96 Å². The molecule has 7 nitrogen and oxygen atoms in total. The van der Waals surface area contributed by atoms with Crippen LogP contribution in [0.5, 0.6) is 0 Å². The van der Waals surface area contributed by atoms with Crippen LogP contribution >= 0.6 is 0 Å². The first-order valence-corrected chi connectivity index (χ1v) is 10.6. The number of nitrogens with one attached hydrogen (secondary N) is 2. The van der Waals surface area contributed by atoms with Crippen molar-refractivity contribution in [3.05, 3.63) is 59.3 Å². The van der Waals surface area contributed by atoms with Crippen molar-refractivity contribution in [2.24, 2.45) is 16.6 Å². The summed E-state index contributed by atoms with van der Waals surface area (Å²) < 4.78 is 0. The maximum atomic E-state index is 11.4. The summed E-state index contributed by atoms with van der Waals surface area (Å²) in [7, 11) is 0. The normalized spacial score (nSPS) is 15.1. The SMILES string of the molecule is CCNC(=NCc1cccc(C)c1)NCc1cccnc1N1CCC(C(N)=O)CC1. The number of guanidine groups is 1. The number of nitrogens with zero attached hydrogens (tertiary/aromatic N) is 3. The number of benzene rings is 1. The quantitative estimate of drug-likeness (QED) is 0.483. The predicted octanol–water partition coefficient (Wildman–Crippen LogP) is 2.35. The third-order valence-electron chi connectivity index (χ3n) is 5.36. The fourth-order valence-electron chi connectivity index (χ4n) is 3.73. The second kappa shape index (κ2) is 10.6. The van der Waals surface area contributed by atoms with Crippen LogP contribution in [-0.2, 0) is 17.9 Å². The lowest BCUT2D eigenvalue weighted by Gasteiger charge is -2.32. The molecule has 1 aliphatic heterocycles. The Labute approximate surface area is 178 Å². The van der Waals surface area contributed by atoms with Gasteiger partial charge in [0.05, 0.1) is 6.54 Å². The second-order valence-corrected chi connectivity index (χ2v) is 7.69. The molecular formula is C23H32N6O. The Kier molecular flexibility index (Phi) is 7.65. The first kappa shape index (κ1) is 21.6. The minimum Gasteiger partial charge on any atom is -0.369 e. The predicted molar refractivity (Wildman–Crippen MR) is 121 cm³/mol. The van der Waals surface area contributed by atoms with Gasteiger partial charge in [-0.25, -0.2) is 9.98 Å². The summed E-state index contributed by atoms with van der Waals surface area (Å²) in [6.45, 7) is 7.77. The van der Waals surface area contributed by atoms with Gasteiger partial charge in [-0.1, -0.05) is 35.9 Å². The van der Waals surface area contributed by atoms with E-state index in [9.17, 15) is 4.79 Å². The van der Waals surface area contributed by atoms with E-state index in [0.717, 1.165) is 49.8 Å². The fourth-order valence-corrected chi connectivity index (χ4v) is 3.73. The summed E-state index contributed by atoms with van der Waals surface area (Å²) >= 11 is 0. The molecule has 7 heteroatoms. The van der Waals surface area contributed by atoms with Crippen LogP contribution in [0.1, 0.15) is 36.5 Å². The number of carbonyl (C=O) groups excluding carboxylic acids is 1. The average Bonchev–Trinajstić information content (AvgIpc) is 2.76. The third-order valence-corrected chi connectivity index (χ3v) is 5.36. The molecule has 0 unspecified atom stereocenters. The number of aromatic nitrogens is 1.